The minimum absolute atomic E-state index is 0.152. The molecule has 0 aliphatic rings. The zero-order chi connectivity index (χ0) is 13.0. The Bertz CT molecular complexity index is 386. The third-order valence-corrected chi connectivity index (χ3v) is 2.46. The summed E-state index contributed by atoms with van der Waals surface area (Å²) in [5.41, 5.74) is 8.33. The summed E-state index contributed by atoms with van der Waals surface area (Å²) in [6.45, 7) is 5.59. The lowest BCUT2D eigenvalue weighted by Crippen LogP contribution is -2.31. The summed E-state index contributed by atoms with van der Waals surface area (Å²) in [6.07, 6.45) is -1.82. The number of benzene rings is 1. The minimum atomic E-state index is -1.82. The van der Waals surface area contributed by atoms with Gasteiger partial charge in [-0.05, 0) is 26.3 Å². The second-order valence-corrected chi connectivity index (χ2v) is 4.10. The molecule has 1 aromatic carbocycles. The molecule has 2 atom stereocenters. The lowest BCUT2D eigenvalue weighted by Gasteiger charge is -2.17. The maximum Gasteiger partial charge on any atom is 0.342 e. The van der Waals surface area contributed by atoms with Gasteiger partial charge in [0.1, 0.15) is 0 Å². The summed E-state index contributed by atoms with van der Waals surface area (Å²) in [5, 5.41) is 0. The van der Waals surface area contributed by atoms with Gasteiger partial charge in [-0.1, -0.05) is 29.3 Å². The molecule has 17 heavy (non-hydrogen) atoms. The van der Waals surface area contributed by atoms with E-state index in [0.29, 0.717) is 5.56 Å². The largest absolute Gasteiger partial charge is 0.464 e. The smallest absolute Gasteiger partial charge is 0.342 e. The van der Waals surface area contributed by atoms with E-state index in [9.17, 15) is 9.18 Å². The van der Waals surface area contributed by atoms with Gasteiger partial charge in [-0.15, -0.1) is 0 Å². The molecule has 0 spiro atoms. The Morgan fingerprint density at radius 1 is 1.35 bits per heavy atom. The predicted octanol–water partition coefficient (Wildman–Crippen LogP) is 2.20. The molecule has 0 saturated heterocycles. The number of esters is 1. The summed E-state index contributed by atoms with van der Waals surface area (Å²) >= 11 is 0. The normalized spacial score (nSPS) is 14.2. The molecule has 0 heterocycles. The van der Waals surface area contributed by atoms with Crippen molar-refractivity contribution >= 4 is 5.97 Å². The molecule has 2 N–H and O–H groups in total. The van der Waals surface area contributed by atoms with Crippen molar-refractivity contribution in [1.82, 2.24) is 0 Å². The number of carbonyl (C=O) groups excluding carboxylic acids is 1. The van der Waals surface area contributed by atoms with Gasteiger partial charge in [0, 0.05) is 0 Å². The molecule has 0 amide bonds. The van der Waals surface area contributed by atoms with Crippen LogP contribution in [-0.4, -0.2) is 18.7 Å². The van der Waals surface area contributed by atoms with E-state index in [1.807, 2.05) is 19.9 Å². The van der Waals surface area contributed by atoms with Gasteiger partial charge < -0.3 is 10.5 Å². The van der Waals surface area contributed by atoms with Gasteiger partial charge in [-0.2, -0.15) is 0 Å². The van der Waals surface area contributed by atoms with E-state index >= 15 is 0 Å². The third-order valence-electron chi connectivity index (χ3n) is 2.46. The molecule has 0 aromatic heterocycles. The molecule has 1 unspecified atom stereocenters. The fourth-order valence-electron chi connectivity index (χ4n) is 1.74. The van der Waals surface area contributed by atoms with Crippen LogP contribution in [0.4, 0.5) is 4.39 Å². The van der Waals surface area contributed by atoms with Crippen molar-refractivity contribution in [3.8, 4) is 0 Å². The molecule has 0 saturated carbocycles. The van der Waals surface area contributed by atoms with Crippen LogP contribution in [0, 0.1) is 13.8 Å². The molecule has 4 heteroatoms. The molecule has 0 aliphatic heterocycles. The zero-order valence-corrected chi connectivity index (χ0v) is 10.4. The number of halogens is 1. The van der Waals surface area contributed by atoms with Crippen LogP contribution in [0.3, 0.4) is 0 Å². The van der Waals surface area contributed by atoms with E-state index in [0.717, 1.165) is 11.1 Å². The Balaban J connectivity index is 2.87. The first kappa shape index (κ1) is 13.6. The topological polar surface area (TPSA) is 52.3 Å². The summed E-state index contributed by atoms with van der Waals surface area (Å²) in [4.78, 5) is 11.3. The third kappa shape index (κ3) is 3.53. The van der Waals surface area contributed by atoms with Crippen LogP contribution in [0.25, 0.3) is 0 Å². The first-order valence-corrected chi connectivity index (χ1v) is 5.60. The van der Waals surface area contributed by atoms with Crippen LogP contribution >= 0.6 is 0 Å². The Morgan fingerprint density at radius 3 is 2.35 bits per heavy atom. The summed E-state index contributed by atoms with van der Waals surface area (Å²) < 4.78 is 18.3. The predicted molar refractivity (Wildman–Crippen MR) is 64.4 cm³/mol. The van der Waals surface area contributed by atoms with Gasteiger partial charge in [0.2, 0.25) is 6.17 Å². The molecule has 94 valence electrons. The second kappa shape index (κ2) is 5.77. The minimum Gasteiger partial charge on any atom is -0.464 e. The van der Waals surface area contributed by atoms with E-state index in [1.54, 1.807) is 19.1 Å². The van der Waals surface area contributed by atoms with Crippen molar-refractivity contribution in [2.75, 3.05) is 6.61 Å². The van der Waals surface area contributed by atoms with Crippen molar-refractivity contribution in [3.05, 3.63) is 34.9 Å². The first-order chi connectivity index (χ1) is 7.95. The van der Waals surface area contributed by atoms with E-state index in [4.69, 9.17) is 5.73 Å². The number of hydrogen-bond acceptors (Lipinski definition) is 3. The standard InChI is InChI=1S/C13H18FNO2/c1-4-17-13(16)11(14)12(15)10-6-8(2)5-9(3)7-10/h5-7,11-12H,4,15H2,1-3H3/t11?,12-/m1/s1. The fraction of sp³-hybridized carbons (Fsp3) is 0.462. The van der Waals surface area contributed by atoms with Crippen LogP contribution in [-0.2, 0) is 9.53 Å². The quantitative estimate of drug-likeness (QED) is 0.819. The molecule has 1 aromatic rings. The summed E-state index contributed by atoms with van der Waals surface area (Å²) in [7, 11) is 0. The molecule has 1 rings (SSSR count). The monoisotopic (exact) mass is 239 g/mol. The highest BCUT2D eigenvalue weighted by molar-refractivity contribution is 5.75. The number of rotatable bonds is 4. The number of carbonyl (C=O) groups is 1. The first-order valence-electron chi connectivity index (χ1n) is 5.60. The lowest BCUT2D eigenvalue weighted by molar-refractivity contribution is -0.149. The fourth-order valence-corrected chi connectivity index (χ4v) is 1.74. The second-order valence-electron chi connectivity index (χ2n) is 4.10. The average Bonchev–Trinajstić information content (AvgIpc) is 2.26. The summed E-state index contributed by atoms with van der Waals surface area (Å²) in [5.74, 6) is -0.904. The lowest BCUT2D eigenvalue weighted by atomic mass is 9.99. The highest BCUT2D eigenvalue weighted by Gasteiger charge is 2.27. The average molecular weight is 239 g/mol. The van der Waals surface area contributed by atoms with Crippen molar-refractivity contribution in [2.45, 2.75) is 33.0 Å². The van der Waals surface area contributed by atoms with Gasteiger partial charge >= 0.3 is 5.97 Å². The van der Waals surface area contributed by atoms with Gasteiger partial charge in [-0.25, -0.2) is 9.18 Å². The maximum atomic E-state index is 13.7. The van der Waals surface area contributed by atoms with E-state index in [-0.39, 0.29) is 6.61 Å². The highest BCUT2D eigenvalue weighted by Crippen LogP contribution is 2.20. The van der Waals surface area contributed by atoms with Gasteiger partial charge in [0.05, 0.1) is 12.6 Å². The van der Waals surface area contributed by atoms with Crippen molar-refractivity contribution < 1.29 is 13.9 Å². The SMILES string of the molecule is CCOC(=O)C(F)[C@H](N)c1cc(C)cc(C)c1. The summed E-state index contributed by atoms with van der Waals surface area (Å²) in [6, 6.07) is 4.55. The molecule has 3 nitrogen and oxygen atoms in total. The van der Waals surface area contributed by atoms with Crippen LogP contribution in [0.2, 0.25) is 0 Å². The molecular formula is C13H18FNO2. The van der Waals surface area contributed by atoms with Crippen LogP contribution in [0.1, 0.15) is 29.7 Å². The number of hydrogen-bond donors (Lipinski definition) is 1. The Labute approximate surface area is 101 Å². The zero-order valence-electron chi connectivity index (χ0n) is 10.4. The van der Waals surface area contributed by atoms with Crippen LogP contribution in [0.5, 0.6) is 0 Å². The number of alkyl halides is 1. The Morgan fingerprint density at radius 2 is 1.88 bits per heavy atom. The Kier molecular flexibility index (Phi) is 4.63. The molecule has 0 aliphatic carbocycles. The number of ether oxygens (including phenoxy) is 1. The van der Waals surface area contributed by atoms with Crippen molar-refractivity contribution in [2.24, 2.45) is 5.73 Å². The van der Waals surface area contributed by atoms with E-state index < -0.39 is 18.2 Å². The van der Waals surface area contributed by atoms with Crippen LogP contribution < -0.4 is 5.73 Å². The molecule has 0 radical (unpaired) electrons. The molecule has 0 bridgehead atoms. The number of aryl methyl sites for hydroxylation is 2. The van der Waals surface area contributed by atoms with Crippen molar-refractivity contribution in [1.29, 1.82) is 0 Å². The van der Waals surface area contributed by atoms with Crippen molar-refractivity contribution in [3.63, 3.8) is 0 Å². The highest BCUT2D eigenvalue weighted by atomic mass is 19.1. The van der Waals surface area contributed by atoms with E-state index in [2.05, 4.69) is 4.74 Å². The number of nitrogens with two attached hydrogens (primary N) is 1. The molecule has 0 fully saturated rings. The maximum absolute atomic E-state index is 13.7. The molecular weight excluding hydrogens is 221 g/mol. The van der Waals surface area contributed by atoms with Gasteiger partial charge in [0.15, 0.2) is 0 Å². The van der Waals surface area contributed by atoms with Gasteiger partial charge in [0.25, 0.3) is 0 Å². The van der Waals surface area contributed by atoms with Crippen LogP contribution in [0.15, 0.2) is 18.2 Å². The Hall–Kier alpha value is -1.42. The van der Waals surface area contributed by atoms with E-state index in [1.165, 1.54) is 0 Å². The van der Waals surface area contributed by atoms with Gasteiger partial charge in [-0.3, -0.25) is 0 Å².